The first-order valence-corrected chi connectivity index (χ1v) is 9.09. The Balaban J connectivity index is 1.83. The van der Waals surface area contributed by atoms with Crippen LogP contribution >= 0.6 is 11.8 Å². The monoisotopic (exact) mass is 292 g/mol. The molecule has 3 heteroatoms. The Kier molecular flexibility index (Phi) is 6.91. The third-order valence-electron chi connectivity index (χ3n) is 4.14. The van der Waals surface area contributed by atoms with Gasteiger partial charge in [0.15, 0.2) is 0 Å². The summed E-state index contributed by atoms with van der Waals surface area (Å²) in [7, 11) is 0. The lowest BCUT2D eigenvalue weighted by Gasteiger charge is -2.25. The second-order valence-electron chi connectivity index (χ2n) is 5.83. The molecule has 2 atom stereocenters. The lowest BCUT2D eigenvalue weighted by Crippen LogP contribution is -2.39. The highest BCUT2D eigenvalue weighted by Gasteiger charge is 2.18. The zero-order chi connectivity index (χ0) is 14.2. The summed E-state index contributed by atoms with van der Waals surface area (Å²) >= 11 is 1.98. The number of hydrogen-bond donors (Lipinski definition) is 1. The van der Waals surface area contributed by atoms with Gasteiger partial charge in [-0.15, -0.1) is 0 Å². The van der Waals surface area contributed by atoms with Crippen LogP contribution in [0.15, 0.2) is 30.3 Å². The molecule has 1 N–H and O–H groups in total. The number of hydrogen-bond acceptors (Lipinski definition) is 3. The van der Waals surface area contributed by atoms with Gasteiger partial charge in [0.1, 0.15) is 0 Å². The molecule has 1 aromatic rings. The molecule has 0 aliphatic carbocycles. The van der Waals surface area contributed by atoms with Crippen molar-refractivity contribution in [2.24, 2.45) is 0 Å². The van der Waals surface area contributed by atoms with Gasteiger partial charge in [0.2, 0.25) is 0 Å². The average molecular weight is 292 g/mol. The van der Waals surface area contributed by atoms with E-state index in [1.807, 2.05) is 11.8 Å². The fourth-order valence-corrected chi connectivity index (χ4v) is 3.14. The second kappa shape index (κ2) is 8.71. The standard InChI is InChI=1S/C17H28N2S/c1-15(20-2)9-12-19-11-6-10-18-17(14-19)13-16-7-4-3-5-8-16/h3-5,7-8,15,17-18H,6,9-14H2,1-2H3. The lowest BCUT2D eigenvalue weighted by atomic mass is 10.1. The van der Waals surface area contributed by atoms with Crippen molar-refractivity contribution in [1.82, 2.24) is 10.2 Å². The van der Waals surface area contributed by atoms with Gasteiger partial charge >= 0.3 is 0 Å². The van der Waals surface area contributed by atoms with Gasteiger partial charge in [-0.1, -0.05) is 37.3 Å². The highest BCUT2D eigenvalue weighted by atomic mass is 32.2. The minimum absolute atomic E-state index is 0.601. The van der Waals surface area contributed by atoms with Crippen LogP contribution in [-0.4, -0.2) is 48.6 Å². The van der Waals surface area contributed by atoms with Gasteiger partial charge in [0.05, 0.1) is 0 Å². The van der Waals surface area contributed by atoms with Crippen molar-refractivity contribution in [2.45, 2.75) is 37.5 Å². The van der Waals surface area contributed by atoms with Gasteiger partial charge in [-0.25, -0.2) is 0 Å². The molecule has 1 heterocycles. The Bertz CT molecular complexity index is 369. The van der Waals surface area contributed by atoms with E-state index in [-0.39, 0.29) is 0 Å². The molecule has 112 valence electrons. The maximum Gasteiger partial charge on any atom is 0.0235 e. The summed E-state index contributed by atoms with van der Waals surface area (Å²) in [5.74, 6) is 0. The molecular formula is C17H28N2S. The van der Waals surface area contributed by atoms with Crippen LogP contribution in [0.3, 0.4) is 0 Å². The maximum absolute atomic E-state index is 3.71. The molecule has 0 spiro atoms. The first kappa shape index (κ1) is 15.9. The summed E-state index contributed by atoms with van der Waals surface area (Å²) < 4.78 is 0. The van der Waals surface area contributed by atoms with E-state index in [1.165, 1.54) is 38.0 Å². The minimum Gasteiger partial charge on any atom is -0.312 e. The molecule has 2 nitrogen and oxygen atoms in total. The van der Waals surface area contributed by atoms with Crippen LogP contribution in [0.1, 0.15) is 25.3 Å². The van der Waals surface area contributed by atoms with Crippen LogP contribution in [0.5, 0.6) is 0 Å². The lowest BCUT2D eigenvalue weighted by molar-refractivity contribution is 0.264. The van der Waals surface area contributed by atoms with Crippen molar-refractivity contribution in [1.29, 1.82) is 0 Å². The highest BCUT2D eigenvalue weighted by molar-refractivity contribution is 7.99. The third kappa shape index (κ3) is 5.47. The van der Waals surface area contributed by atoms with Gasteiger partial charge in [-0.05, 0) is 50.7 Å². The fraction of sp³-hybridized carbons (Fsp3) is 0.647. The van der Waals surface area contributed by atoms with Crippen LogP contribution in [0.25, 0.3) is 0 Å². The van der Waals surface area contributed by atoms with Crippen molar-refractivity contribution >= 4 is 11.8 Å². The Morgan fingerprint density at radius 2 is 2.15 bits per heavy atom. The summed E-state index contributed by atoms with van der Waals surface area (Å²) in [6, 6.07) is 11.5. The van der Waals surface area contributed by atoms with Crippen LogP contribution in [-0.2, 0) is 6.42 Å². The van der Waals surface area contributed by atoms with E-state index < -0.39 is 0 Å². The molecule has 20 heavy (non-hydrogen) atoms. The van der Waals surface area contributed by atoms with Gasteiger partial charge in [0, 0.05) is 17.8 Å². The Morgan fingerprint density at radius 3 is 2.90 bits per heavy atom. The topological polar surface area (TPSA) is 15.3 Å². The molecule has 1 aliphatic heterocycles. The normalized spacial score (nSPS) is 22.4. The SMILES string of the molecule is CSC(C)CCN1CCCNC(Cc2ccccc2)C1. The van der Waals surface area contributed by atoms with Crippen LogP contribution < -0.4 is 5.32 Å². The average Bonchev–Trinajstić information content (AvgIpc) is 2.71. The van der Waals surface area contributed by atoms with Crippen LogP contribution in [0.2, 0.25) is 0 Å². The molecule has 1 aliphatic rings. The summed E-state index contributed by atoms with van der Waals surface area (Å²) in [6.45, 7) is 7.18. The smallest absolute Gasteiger partial charge is 0.0235 e. The zero-order valence-electron chi connectivity index (χ0n) is 12.8. The molecule has 0 bridgehead atoms. The first-order valence-electron chi connectivity index (χ1n) is 7.80. The van der Waals surface area contributed by atoms with E-state index >= 15 is 0 Å². The van der Waals surface area contributed by atoms with Crippen molar-refractivity contribution in [3.8, 4) is 0 Å². The summed E-state index contributed by atoms with van der Waals surface area (Å²) in [6.07, 6.45) is 5.94. The van der Waals surface area contributed by atoms with Gasteiger partial charge < -0.3 is 10.2 Å². The summed E-state index contributed by atoms with van der Waals surface area (Å²) in [4.78, 5) is 2.65. The van der Waals surface area contributed by atoms with Gasteiger partial charge in [-0.3, -0.25) is 0 Å². The Hall–Kier alpha value is -0.510. The van der Waals surface area contributed by atoms with Crippen LogP contribution in [0, 0.1) is 0 Å². The Labute approximate surface area is 128 Å². The minimum atomic E-state index is 0.601. The van der Waals surface area contributed by atoms with Crippen molar-refractivity contribution in [3.63, 3.8) is 0 Å². The quantitative estimate of drug-likeness (QED) is 0.867. The predicted octanol–water partition coefficient (Wildman–Crippen LogP) is 3.03. The molecule has 0 radical (unpaired) electrons. The largest absolute Gasteiger partial charge is 0.312 e. The van der Waals surface area contributed by atoms with E-state index in [2.05, 4.69) is 53.7 Å². The number of nitrogens with one attached hydrogen (secondary N) is 1. The van der Waals surface area contributed by atoms with Crippen molar-refractivity contribution in [2.75, 3.05) is 32.4 Å². The van der Waals surface area contributed by atoms with Crippen molar-refractivity contribution < 1.29 is 0 Å². The summed E-state index contributed by atoms with van der Waals surface area (Å²) in [5, 5.41) is 4.49. The van der Waals surface area contributed by atoms with Gasteiger partial charge in [0.25, 0.3) is 0 Å². The second-order valence-corrected chi connectivity index (χ2v) is 7.11. The van der Waals surface area contributed by atoms with E-state index in [0.29, 0.717) is 6.04 Å². The molecule has 0 saturated carbocycles. The van der Waals surface area contributed by atoms with E-state index in [1.54, 1.807) is 0 Å². The van der Waals surface area contributed by atoms with Crippen LogP contribution in [0.4, 0.5) is 0 Å². The molecule has 0 aromatic heterocycles. The molecule has 1 aromatic carbocycles. The molecular weight excluding hydrogens is 264 g/mol. The Morgan fingerprint density at radius 1 is 1.35 bits per heavy atom. The van der Waals surface area contributed by atoms with E-state index in [4.69, 9.17) is 0 Å². The fourth-order valence-electron chi connectivity index (χ4n) is 2.80. The molecule has 2 rings (SSSR count). The number of benzene rings is 1. The first-order chi connectivity index (χ1) is 9.78. The number of rotatable bonds is 6. The number of nitrogens with zero attached hydrogens (tertiary/aromatic N) is 1. The predicted molar refractivity (Wildman–Crippen MR) is 90.6 cm³/mol. The molecule has 1 fully saturated rings. The van der Waals surface area contributed by atoms with E-state index in [9.17, 15) is 0 Å². The number of thioether (sulfide) groups is 1. The van der Waals surface area contributed by atoms with Crippen molar-refractivity contribution in [3.05, 3.63) is 35.9 Å². The van der Waals surface area contributed by atoms with E-state index in [0.717, 1.165) is 18.2 Å². The highest BCUT2D eigenvalue weighted by Crippen LogP contribution is 2.13. The zero-order valence-corrected chi connectivity index (χ0v) is 13.7. The molecule has 0 amide bonds. The molecule has 2 unspecified atom stereocenters. The summed E-state index contributed by atoms with van der Waals surface area (Å²) in [5.41, 5.74) is 1.45. The molecule has 1 saturated heterocycles. The maximum atomic E-state index is 3.71. The van der Waals surface area contributed by atoms with Gasteiger partial charge in [-0.2, -0.15) is 11.8 Å². The third-order valence-corrected chi connectivity index (χ3v) is 5.18.